The number of aryl methyl sites for hydroxylation is 1. The Hall–Kier alpha value is -1.32. The van der Waals surface area contributed by atoms with Crippen molar-refractivity contribution >= 4 is 5.69 Å². The maximum atomic E-state index is 9.29. The van der Waals surface area contributed by atoms with Gasteiger partial charge in [-0.05, 0) is 30.5 Å². The molecule has 3 nitrogen and oxygen atoms in total. The van der Waals surface area contributed by atoms with E-state index in [2.05, 4.69) is 43.1 Å². The average molecular weight is 263 g/mol. The third-order valence-corrected chi connectivity index (χ3v) is 2.92. The largest absolute Gasteiger partial charge is 0.394 e. The number of hydrogen-bond acceptors (Lipinski definition) is 3. The predicted octanol–water partition coefficient (Wildman–Crippen LogP) is 3.00. The van der Waals surface area contributed by atoms with Gasteiger partial charge in [0.2, 0.25) is 0 Å². The number of anilines is 1. The van der Waals surface area contributed by atoms with Crippen LogP contribution >= 0.6 is 0 Å². The Labute approximate surface area is 116 Å². The van der Waals surface area contributed by atoms with Crippen LogP contribution in [0.4, 0.5) is 5.69 Å². The van der Waals surface area contributed by atoms with Crippen LogP contribution in [0.2, 0.25) is 0 Å². The molecule has 1 unspecified atom stereocenters. The van der Waals surface area contributed by atoms with Gasteiger partial charge in [0.1, 0.15) is 0 Å². The zero-order valence-electron chi connectivity index (χ0n) is 11.8. The molecule has 2 N–H and O–H groups in total. The minimum absolute atomic E-state index is 0.0503. The molecule has 0 fully saturated rings. The second-order valence-electron chi connectivity index (χ2n) is 4.65. The number of unbranched alkanes of at least 4 members (excludes halogenated alkanes) is 1. The van der Waals surface area contributed by atoms with Crippen LogP contribution in [0.25, 0.3) is 0 Å². The third-order valence-electron chi connectivity index (χ3n) is 2.92. The summed E-state index contributed by atoms with van der Waals surface area (Å²) in [6, 6.07) is 8.30. The molecule has 1 rings (SSSR count). The topological polar surface area (TPSA) is 41.5 Å². The van der Waals surface area contributed by atoms with Crippen LogP contribution in [0.5, 0.6) is 0 Å². The molecule has 0 saturated heterocycles. The van der Waals surface area contributed by atoms with Crippen LogP contribution in [0.3, 0.4) is 0 Å². The lowest BCUT2D eigenvalue weighted by Gasteiger charge is -2.17. The van der Waals surface area contributed by atoms with Gasteiger partial charge in [-0.25, -0.2) is 0 Å². The van der Waals surface area contributed by atoms with Crippen LogP contribution in [0.1, 0.15) is 25.3 Å². The van der Waals surface area contributed by atoms with Gasteiger partial charge in [0.15, 0.2) is 0 Å². The molecule has 0 heterocycles. The molecule has 19 heavy (non-hydrogen) atoms. The van der Waals surface area contributed by atoms with E-state index in [1.165, 1.54) is 18.4 Å². The summed E-state index contributed by atoms with van der Waals surface area (Å²) < 4.78 is 5.34. The first kappa shape index (κ1) is 15.7. The van der Waals surface area contributed by atoms with Crippen LogP contribution in [0.15, 0.2) is 36.9 Å². The minimum atomic E-state index is -0.0820. The van der Waals surface area contributed by atoms with Crippen molar-refractivity contribution in [2.24, 2.45) is 0 Å². The molecule has 0 bridgehead atoms. The Morgan fingerprint density at radius 3 is 2.68 bits per heavy atom. The Balaban J connectivity index is 2.43. The fourth-order valence-electron chi connectivity index (χ4n) is 1.82. The lowest BCUT2D eigenvalue weighted by atomic mass is 10.1. The highest BCUT2D eigenvalue weighted by molar-refractivity contribution is 5.45. The molecule has 106 valence electrons. The molecule has 0 aliphatic carbocycles. The fraction of sp³-hybridized carbons (Fsp3) is 0.500. The lowest BCUT2D eigenvalue weighted by molar-refractivity contribution is 0.128. The van der Waals surface area contributed by atoms with Crippen LogP contribution in [0, 0.1) is 0 Å². The molecule has 0 aromatic heterocycles. The molecule has 3 heteroatoms. The van der Waals surface area contributed by atoms with Crippen molar-refractivity contribution < 1.29 is 9.84 Å². The summed E-state index contributed by atoms with van der Waals surface area (Å²) in [5, 5.41) is 12.6. The zero-order valence-corrected chi connectivity index (χ0v) is 11.8. The van der Waals surface area contributed by atoms with E-state index in [0.29, 0.717) is 13.2 Å². The second-order valence-corrected chi connectivity index (χ2v) is 4.65. The number of aliphatic hydroxyl groups is 1. The van der Waals surface area contributed by atoms with E-state index < -0.39 is 0 Å². The summed E-state index contributed by atoms with van der Waals surface area (Å²) in [5.74, 6) is 0. The summed E-state index contributed by atoms with van der Waals surface area (Å²) in [7, 11) is 0. The van der Waals surface area contributed by atoms with E-state index in [1.807, 2.05) is 0 Å². The van der Waals surface area contributed by atoms with Gasteiger partial charge in [-0.1, -0.05) is 31.6 Å². The van der Waals surface area contributed by atoms with Gasteiger partial charge < -0.3 is 15.2 Å². The molecule has 0 amide bonds. The standard InChI is InChI=1S/C16H25NO2/c1-3-5-6-14-7-9-15(10-8-14)17-16(12-18)13-19-11-4-2/h4,7-10,16-18H,2-3,5-6,11-13H2,1H3. The first-order chi connectivity index (χ1) is 9.30. The Morgan fingerprint density at radius 1 is 1.37 bits per heavy atom. The molecule has 1 atom stereocenters. The smallest absolute Gasteiger partial charge is 0.0726 e. The van der Waals surface area contributed by atoms with E-state index in [1.54, 1.807) is 6.08 Å². The van der Waals surface area contributed by atoms with E-state index >= 15 is 0 Å². The van der Waals surface area contributed by atoms with Crippen LogP contribution in [-0.2, 0) is 11.2 Å². The maximum absolute atomic E-state index is 9.29. The fourth-order valence-corrected chi connectivity index (χ4v) is 1.82. The van der Waals surface area contributed by atoms with Crippen molar-refractivity contribution in [3.63, 3.8) is 0 Å². The van der Waals surface area contributed by atoms with Crippen LogP contribution < -0.4 is 5.32 Å². The number of hydrogen-bond donors (Lipinski definition) is 2. The molecular weight excluding hydrogens is 238 g/mol. The van der Waals surface area contributed by atoms with Gasteiger partial charge in [-0.2, -0.15) is 0 Å². The average Bonchev–Trinajstić information content (AvgIpc) is 2.45. The van der Waals surface area contributed by atoms with E-state index in [-0.39, 0.29) is 12.6 Å². The molecular formula is C16H25NO2. The number of rotatable bonds is 10. The number of ether oxygens (including phenoxy) is 1. The Kier molecular flexibility index (Phi) is 7.94. The van der Waals surface area contributed by atoms with Crippen molar-refractivity contribution in [3.05, 3.63) is 42.5 Å². The summed E-state index contributed by atoms with van der Waals surface area (Å²) in [4.78, 5) is 0. The monoisotopic (exact) mass is 263 g/mol. The first-order valence-corrected chi connectivity index (χ1v) is 6.95. The minimum Gasteiger partial charge on any atom is -0.394 e. The van der Waals surface area contributed by atoms with Crippen molar-refractivity contribution in [2.75, 3.05) is 25.1 Å². The highest BCUT2D eigenvalue weighted by Crippen LogP contribution is 2.12. The van der Waals surface area contributed by atoms with E-state index in [0.717, 1.165) is 12.1 Å². The van der Waals surface area contributed by atoms with E-state index in [4.69, 9.17) is 4.74 Å². The summed E-state index contributed by atoms with van der Waals surface area (Å²) in [5.41, 5.74) is 2.37. The number of benzene rings is 1. The van der Waals surface area contributed by atoms with E-state index in [9.17, 15) is 5.11 Å². The zero-order chi connectivity index (χ0) is 13.9. The Bertz CT molecular complexity index is 348. The highest BCUT2D eigenvalue weighted by atomic mass is 16.5. The summed E-state index contributed by atoms with van der Waals surface area (Å²) in [6.45, 7) is 6.82. The molecule has 0 aliphatic heterocycles. The van der Waals surface area contributed by atoms with Gasteiger partial charge in [-0.3, -0.25) is 0 Å². The lowest BCUT2D eigenvalue weighted by Crippen LogP contribution is -2.29. The molecule has 0 aliphatic rings. The first-order valence-electron chi connectivity index (χ1n) is 6.95. The van der Waals surface area contributed by atoms with Crippen molar-refractivity contribution in [3.8, 4) is 0 Å². The van der Waals surface area contributed by atoms with Crippen LogP contribution in [-0.4, -0.2) is 31.0 Å². The Morgan fingerprint density at radius 2 is 2.11 bits per heavy atom. The summed E-state index contributed by atoms with van der Waals surface area (Å²) in [6.07, 6.45) is 5.27. The highest BCUT2D eigenvalue weighted by Gasteiger charge is 2.06. The molecule has 0 saturated carbocycles. The van der Waals surface area contributed by atoms with Gasteiger partial charge in [0.05, 0.1) is 25.9 Å². The van der Waals surface area contributed by atoms with Crippen molar-refractivity contribution in [1.82, 2.24) is 0 Å². The second kappa shape index (κ2) is 9.59. The maximum Gasteiger partial charge on any atom is 0.0726 e. The number of aliphatic hydroxyl groups excluding tert-OH is 1. The third kappa shape index (κ3) is 6.41. The SMILES string of the molecule is C=CCOCC(CO)Nc1ccc(CCCC)cc1. The number of nitrogens with one attached hydrogen (secondary N) is 1. The molecule has 0 spiro atoms. The predicted molar refractivity (Wildman–Crippen MR) is 80.6 cm³/mol. The quantitative estimate of drug-likeness (QED) is 0.503. The van der Waals surface area contributed by atoms with Crippen molar-refractivity contribution in [2.45, 2.75) is 32.2 Å². The molecule has 0 radical (unpaired) electrons. The van der Waals surface area contributed by atoms with Crippen molar-refractivity contribution in [1.29, 1.82) is 0 Å². The van der Waals surface area contributed by atoms with Gasteiger partial charge in [0.25, 0.3) is 0 Å². The normalized spacial score (nSPS) is 12.1. The molecule has 1 aromatic carbocycles. The summed E-state index contributed by atoms with van der Waals surface area (Å²) >= 11 is 0. The van der Waals surface area contributed by atoms with Gasteiger partial charge in [-0.15, -0.1) is 6.58 Å². The molecule has 1 aromatic rings. The van der Waals surface area contributed by atoms with Gasteiger partial charge in [0, 0.05) is 5.69 Å². The van der Waals surface area contributed by atoms with Gasteiger partial charge >= 0.3 is 0 Å².